The smallest absolute Gasteiger partial charge is 0.335 e. The van der Waals surface area contributed by atoms with E-state index < -0.39 is 10.9 Å². The standard InChI is InChI=1S/C12H11N3O5/c16-12(17)9-1-2-11(10(7-9)15(18)19)20-6-5-14-4-3-13-8-14/h1-4,7-8H,5-6H2,(H,16,17). The minimum absolute atomic E-state index is 0.0418. The summed E-state index contributed by atoms with van der Waals surface area (Å²) in [4.78, 5) is 24.9. The quantitative estimate of drug-likeness (QED) is 0.634. The highest BCUT2D eigenvalue weighted by molar-refractivity contribution is 5.88. The van der Waals surface area contributed by atoms with Gasteiger partial charge in [-0.3, -0.25) is 10.1 Å². The topological polar surface area (TPSA) is 107 Å². The summed E-state index contributed by atoms with van der Waals surface area (Å²) < 4.78 is 7.08. The molecular weight excluding hydrogens is 266 g/mol. The molecule has 2 aromatic rings. The Hall–Kier alpha value is -2.90. The lowest BCUT2D eigenvalue weighted by molar-refractivity contribution is -0.385. The van der Waals surface area contributed by atoms with Gasteiger partial charge in [0.2, 0.25) is 0 Å². The first-order valence-electron chi connectivity index (χ1n) is 5.68. The number of aromatic nitrogens is 2. The summed E-state index contributed by atoms with van der Waals surface area (Å²) in [6.07, 6.45) is 4.96. The number of ether oxygens (including phenoxy) is 1. The summed E-state index contributed by atoms with van der Waals surface area (Å²) >= 11 is 0. The zero-order chi connectivity index (χ0) is 14.5. The summed E-state index contributed by atoms with van der Waals surface area (Å²) in [7, 11) is 0. The van der Waals surface area contributed by atoms with Crippen molar-refractivity contribution in [2.75, 3.05) is 6.61 Å². The third kappa shape index (κ3) is 3.10. The van der Waals surface area contributed by atoms with Gasteiger partial charge in [0.1, 0.15) is 6.61 Å². The number of imidazole rings is 1. The van der Waals surface area contributed by atoms with E-state index in [2.05, 4.69) is 4.98 Å². The van der Waals surface area contributed by atoms with Crippen molar-refractivity contribution in [3.63, 3.8) is 0 Å². The first-order valence-corrected chi connectivity index (χ1v) is 5.68. The highest BCUT2D eigenvalue weighted by atomic mass is 16.6. The molecule has 1 N–H and O–H groups in total. The third-order valence-electron chi connectivity index (χ3n) is 2.57. The number of aromatic carboxylic acids is 1. The second-order valence-electron chi connectivity index (χ2n) is 3.89. The first-order chi connectivity index (χ1) is 9.58. The van der Waals surface area contributed by atoms with Crippen LogP contribution in [0.2, 0.25) is 0 Å². The summed E-state index contributed by atoms with van der Waals surface area (Å²) in [5.41, 5.74) is -0.519. The van der Waals surface area contributed by atoms with E-state index in [4.69, 9.17) is 9.84 Å². The normalized spacial score (nSPS) is 10.2. The van der Waals surface area contributed by atoms with Gasteiger partial charge in [-0.1, -0.05) is 0 Å². The average Bonchev–Trinajstić information content (AvgIpc) is 2.91. The molecule has 8 heteroatoms. The summed E-state index contributed by atoms with van der Waals surface area (Å²) in [6.45, 7) is 0.696. The first kappa shape index (κ1) is 13.5. The number of rotatable bonds is 6. The molecule has 2 rings (SSSR count). The van der Waals surface area contributed by atoms with Crippen molar-refractivity contribution in [3.05, 3.63) is 52.6 Å². The minimum atomic E-state index is -1.22. The van der Waals surface area contributed by atoms with Crippen molar-refractivity contribution in [2.24, 2.45) is 0 Å². The van der Waals surface area contributed by atoms with Crippen LogP contribution in [0.15, 0.2) is 36.9 Å². The van der Waals surface area contributed by atoms with Crippen molar-refractivity contribution < 1.29 is 19.6 Å². The van der Waals surface area contributed by atoms with Crippen LogP contribution < -0.4 is 4.74 Å². The maximum atomic E-state index is 10.9. The summed E-state index contributed by atoms with van der Waals surface area (Å²) in [6, 6.07) is 3.53. The molecule has 1 aromatic carbocycles. The van der Waals surface area contributed by atoms with Crippen molar-refractivity contribution >= 4 is 11.7 Å². The van der Waals surface area contributed by atoms with E-state index in [1.807, 2.05) is 0 Å². The number of nitrogens with zero attached hydrogens (tertiary/aromatic N) is 3. The third-order valence-corrected chi connectivity index (χ3v) is 2.57. The van der Waals surface area contributed by atoms with Crippen molar-refractivity contribution in [3.8, 4) is 5.75 Å². The molecule has 8 nitrogen and oxygen atoms in total. The van der Waals surface area contributed by atoms with E-state index >= 15 is 0 Å². The van der Waals surface area contributed by atoms with E-state index in [0.717, 1.165) is 6.07 Å². The number of nitro groups is 1. The van der Waals surface area contributed by atoms with Gasteiger partial charge >= 0.3 is 11.7 Å². The van der Waals surface area contributed by atoms with E-state index in [9.17, 15) is 14.9 Å². The number of nitro benzene ring substituents is 1. The predicted molar refractivity (Wildman–Crippen MR) is 67.8 cm³/mol. The number of carboxylic acid groups (broad SMARTS) is 1. The maximum absolute atomic E-state index is 10.9. The van der Waals surface area contributed by atoms with E-state index in [0.29, 0.717) is 6.54 Å². The molecule has 0 spiro atoms. The fourth-order valence-electron chi connectivity index (χ4n) is 1.60. The number of carboxylic acids is 1. The van der Waals surface area contributed by atoms with Crippen LogP contribution in [0.5, 0.6) is 5.75 Å². The molecule has 0 amide bonds. The largest absolute Gasteiger partial charge is 0.485 e. The van der Waals surface area contributed by atoms with E-state index in [1.54, 1.807) is 23.3 Å². The van der Waals surface area contributed by atoms with Crippen LogP contribution in [0.25, 0.3) is 0 Å². The lowest BCUT2D eigenvalue weighted by Crippen LogP contribution is -2.08. The Bertz CT molecular complexity index is 624. The van der Waals surface area contributed by atoms with Gasteiger partial charge in [-0.15, -0.1) is 0 Å². The van der Waals surface area contributed by atoms with Crippen LogP contribution >= 0.6 is 0 Å². The van der Waals surface area contributed by atoms with Crippen LogP contribution in [0, 0.1) is 10.1 Å². The van der Waals surface area contributed by atoms with Crippen molar-refractivity contribution in [1.82, 2.24) is 9.55 Å². The molecule has 0 saturated carbocycles. The van der Waals surface area contributed by atoms with E-state index in [1.165, 1.54) is 12.1 Å². The highest BCUT2D eigenvalue weighted by Gasteiger charge is 2.18. The molecule has 1 heterocycles. The predicted octanol–water partition coefficient (Wildman–Crippen LogP) is 1.57. The maximum Gasteiger partial charge on any atom is 0.335 e. The fourth-order valence-corrected chi connectivity index (χ4v) is 1.60. The Labute approximate surface area is 113 Å². The molecule has 0 aliphatic carbocycles. The van der Waals surface area contributed by atoms with Crippen molar-refractivity contribution in [2.45, 2.75) is 6.54 Å². The number of hydrogen-bond donors (Lipinski definition) is 1. The van der Waals surface area contributed by atoms with Gasteiger partial charge in [-0.05, 0) is 12.1 Å². The fraction of sp³-hybridized carbons (Fsp3) is 0.167. The molecule has 0 aliphatic rings. The Morgan fingerprint density at radius 3 is 2.90 bits per heavy atom. The average molecular weight is 277 g/mol. The second-order valence-corrected chi connectivity index (χ2v) is 3.89. The molecule has 0 saturated heterocycles. The van der Waals surface area contributed by atoms with Gasteiger partial charge in [-0.2, -0.15) is 0 Å². The van der Waals surface area contributed by atoms with Gasteiger partial charge in [-0.25, -0.2) is 9.78 Å². The Balaban J connectivity index is 2.10. The second kappa shape index (κ2) is 5.83. The molecule has 0 atom stereocenters. The lowest BCUT2D eigenvalue weighted by Gasteiger charge is -2.07. The zero-order valence-corrected chi connectivity index (χ0v) is 10.3. The lowest BCUT2D eigenvalue weighted by atomic mass is 10.2. The molecule has 0 fully saturated rings. The minimum Gasteiger partial charge on any atom is -0.485 e. The Morgan fingerprint density at radius 1 is 1.50 bits per heavy atom. The van der Waals surface area contributed by atoms with Crippen LogP contribution in [0.1, 0.15) is 10.4 Å². The summed E-state index contributed by atoms with van der Waals surface area (Å²) in [5.74, 6) is -1.18. The van der Waals surface area contributed by atoms with Crippen molar-refractivity contribution in [1.29, 1.82) is 0 Å². The molecule has 0 unspecified atom stereocenters. The molecule has 1 aromatic heterocycles. The molecule has 20 heavy (non-hydrogen) atoms. The van der Waals surface area contributed by atoms with E-state index in [-0.39, 0.29) is 23.6 Å². The van der Waals surface area contributed by atoms with Gasteiger partial charge in [0.15, 0.2) is 5.75 Å². The molecule has 104 valence electrons. The molecule has 0 radical (unpaired) electrons. The number of hydrogen-bond acceptors (Lipinski definition) is 5. The molecule has 0 bridgehead atoms. The molecule has 0 aliphatic heterocycles. The van der Waals surface area contributed by atoms with Gasteiger partial charge in [0.05, 0.1) is 23.4 Å². The monoisotopic (exact) mass is 277 g/mol. The Kier molecular flexibility index (Phi) is 3.94. The van der Waals surface area contributed by atoms with Crippen LogP contribution in [-0.2, 0) is 6.54 Å². The summed E-state index contributed by atoms with van der Waals surface area (Å²) in [5, 5.41) is 19.7. The van der Waals surface area contributed by atoms with Gasteiger partial charge in [0, 0.05) is 18.5 Å². The number of benzene rings is 1. The zero-order valence-electron chi connectivity index (χ0n) is 10.3. The Morgan fingerprint density at radius 2 is 2.30 bits per heavy atom. The van der Waals surface area contributed by atoms with Gasteiger partial charge in [0.25, 0.3) is 0 Å². The SMILES string of the molecule is O=C(O)c1ccc(OCCn2ccnc2)c([N+](=O)[O-])c1. The van der Waals surface area contributed by atoms with Crippen LogP contribution in [0.4, 0.5) is 5.69 Å². The van der Waals surface area contributed by atoms with Crippen LogP contribution in [0.3, 0.4) is 0 Å². The van der Waals surface area contributed by atoms with Gasteiger partial charge < -0.3 is 14.4 Å². The van der Waals surface area contributed by atoms with Crippen LogP contribution in [-0.4, -0.2) is 32.2 Å². The highest BCUT2D eigenvalue weighted by Crippen LogP contribution is 2.28. The number of carbonyl (C=O) groups is 1. The molecular formula is C12H11N3O5.